The summed E-state index contributed by atoms with van der Waals surface area (Å²) in [6.45, 7) is 6.75. The topological polar surface area (TPSA) is 198 Å². The average molecular weight is 804 g/mol. The molecule has 5 N–H and O–H groups in total. The Bertz CT molecular complexity index is 1720. The van der Waals surface area contributed by atoms with E-state index >= 15 is 0 Å². The van der Waals surface area contributed by atoms with Gasteiger partial charge in [-0.15, -0.1) is 0 Å². The van der Waals surface area contributed by atoms with Crippen molar-refractivity contribution in [1.82, 2.24) is 26.6 Å². The molecule has 4 rings (SSSR count). The summed E-state index contributed by atoms with van der Waals surface area (Å²) in [6.07, 6.45) is 8.53. The molecule has 2 aliphatic rings. The van der Waals surface area contributed by atoms with Crippen LogP contribution in [0.2, 0.25) is 0 Å². The molecule has 1 aliphatic carbocycles. The highest BCUT2D eigenvalue weighted by Gasteiger charge is 2.35. The molecule has 316 valence electrons. The Kier molecular flexibility index (Phi) is 17.7. The minimum atomic E-state index is -1.27. The molecule has 14 nitrogen and oxygen atoms in total. The highest BCUT2D eigenvalue weighted by molar-refractivity contribution is 6.38. The first-order chi connectivity index (χ1) is 27.7. The van der Waals surface area contributed by atoms with Gasteiger partial charge in [0.1, 0.15) is 23.4 Å². The maximum Gasteiger partial charge on any atom is 0.333 e. The summed E-state index contributed by atoms with van der Waals surface area (Å²) in [4.78, 5) is 94.1. The van der Waals surface area contributed by atoms with Crippen molar-refractivity contribution in [2.75, 3.05) is 13.2 Å². The van der Waals surface area contributed by atoms with Gasteiger partial charge in [-0.2, -0.15) is 0 Å². The Morgan fingerprint density at radius 1 is 0.862 bits per heavy atom. The number of amides is 5. The first-order valence-electron chi connectivity index (χ1n) is 20.7. The van der Waals surface area contributed by atoms with Crippen LogP contribution in [0.25, 0.3) is 0 Å². The summed E-state index contributed by atoms with van der Waals surface area (Å²) < 4.78 is 11.5. The second-order valence-corrected chi connectivity index (χ2v) is 16.2. The van der Waals surface area contributed by atoms with Crippen molar-refractivity contribution in [2.45, 2.75) is 141 Å². The summed E-state index contributed by atoms with van der Waals surface area (Å²) >= 11 is 0. The molecule has 1 fully saturated rings. The Balaban J connectivity index is 1.49. The van der Waals surface area contributed by atoms with E-state index in [1.807, 2.05) is 18.2 Å². The van der Waals surface area contributed by atoms with Crippen molar-refractivity contribution in [3.63, 3.8) is 0 Å². The predicted octanol–water partition coefficient (Wildman–Crippen LogP) is 4.29. The van der Waals surface area contributed by atoms with Gasteiger partial charge in [0.05, 0.1) is 19.2 Å². The molecular weight excluding hydrogens is 743 g/mol. The number of hydrogen-bond donors (Lipinski definition) is 5. The number of ether oxygens (including phenoxy) is 2. The van der Waals surface area contributed by atoms with Crippen molar-refractivity contribution in [2.24, 2.45) is 5.92 Å². The van der Waals surface area contributed by atoms with E-state index in [-0.39, 0.29) is 31.1 Å². The highest BCUT2D eigenvalue weighted by atomic mass is 16.6. The third-order valence-corrected chi connectivity index (χ3v) is 10.2. The fourth-order valence-corrected chi connectivity index (χ4v) is 7.24. The zero-order valence-electron chi connectivity index (χ0n) is 34.4. The number of carbonyl (C=O) groups is 7. The normalized spacial score (nSPS) is 19.7. The number of rotatable bonds is 12. The van der Waals surface area contributed by atoms with Crippen LogP contribution in [-0.2, 0) is 44.7 Å². The van der Waals surface area contributed by atoms with E-state index in [0.717, 1.165) is 51.4 Å². The van der Waals surface area contributed by atoms with Crippen molar-refractivity contribution in [1.29, 1.82) is 0 Å². The average Bonchev–Trinajstić information content (AvgIpc) is 3.19. The van der Waals surface area contributed by atoms with Gasteiger partial charge in [0.2, 0.25) is 29.4 Å². The van der Waals surface area contributed by atoms with Crippen LogP contribution in [0.1, 0.15) is 122 Å². The van der Waals surface area contributed by atoms with Gasteiger partial charge in [0, 0.05) is 12.8 Å². The predicted molar refractivity (Wildman–Crippen MR) is 217 cm³/mol. The molecule has 0 aromatic heterocycles. The standard InChI is InChI=1S/C44H61N5O9/c1-5-17-33(39(52)42(55)45-28-36(51)49-38(31-21-12-9-13-22-31)43(56)58-44(2,3)4)46-40(53)34-27-29-18-16-23-32(26-29)57-25-15-7-6-14-24-35(50)48-37(41(54)47-34)30-19-10-8-11-20-30/h9,12-13,16,18,21-23,26,30,33-34,37-38H,5-8,10-11,14-15,17,19-20,24-25,27-28H2,1-4H3,(H,45,55)(H,46,53)(H,47,54)(H,48,50)(H,49,51)/t33?,34-,37-,38-/m0/s1. The number of esters is 1. The van der Waals surface area contributed by atoms with Crippen LogP contribution in [0.4, 0.5) is 0 Å². The Labute approximate surface area is 341 Å². The van der Waals surface area contributed by atoms with Crippen LogP contribution < -0.4 is 31.3 Å². The number of nitrogens with one attached hydrogen (secondary N) is 5. The van der Waals surface area contributed by atoms with E-state index < -0.39 is 71.7 Å². The van der Waals surface area contributed by atoms with Gasteiger partial charge < -0.3 is 36.1 Å². The van der Waals surface area contributed by atoms with Crippen LogP contribution in [0.15, 0.2) is 54.6 Å². The lowest BCUT2D eigenvalue weighted by atomic mass is 9.83. The summed E-state index contributed by atoms with van der Waals surface area (Å²) in [6, 6.07) is 11.3. The number of carbonyl (C=O) groups excluding carboxylic acids is 7. The molecule has 0 radical (unpaired) electrons. The second kappa shape index (κ2) is 22.6. The fraction of sp³-hybridized carbons (Fsp3) is 0.568. The zero-order chi connectivity index (χ0) is 42.1. The lowest BCUT2D eigenvalue weighted by Crippen LogP contribution is -2.59. The molecule has 2 aromatic carbocycles. The van der Waals surface area contributed by atoms with Crippen molar-refractivity contribution in [3.05, 3.63) is 65.7 Å². The molecule has 4 atom stereocenters. The summed E-state index contributed by atoms with van der Waals surface area (Å²) in [5, 5.41) is 13.5. The summed E-state index contributed by atoms with van der Waals surface area (Å²) in [5.74, 6) is -4.39. The molecule has 2 aromatic rings. The Morgan fingerprint density at radius 3 is 2.28 bits per heavy atom. The smallest absolute Gasteiger partial charge is 0.333 e. The van der Waals surface area contributed by atoms with Crippen molar-refractivity contribution >= 4 is 41.3 Å². The highest BCUT2D eigenvalue weighted by Crippen LogP contribution is 2.27. The summed E-state index contributed by atoms with van der Waals surface area (Å²) in [7, 11) is 0. The lowest BCUT2D eigenvalue weighted by molar-refractivity contribution is -0.158. The molecule has 58 heavy (non-hydrogen) atoms. The van der Waals surface area contributed by atoms with E-state index in [2.05, 4.69) is 26.6 Å². The van der Waals surface area contributed by atoms with Crippen LogP contribution in [0, 0.1) is 5.92 Å². The molecule has 5 amide bonds. The molecular formula is C44H61N5O9. The zero-order valence-corrected chi connectivity index (χ0v) is 34.4. The van der Waals surface area contributed by atoms with Crippen LogP contribution in [0.5, 0.6) is 5.75 Å². The van der Waals surface area contributed by atoms with E-state index in [0.29, 0.717) is 36.3 Å². The van der Waals surface area contributed by atoms with E-state index in [4.69, 9.17) is 9.47 Å². The van der Waals surface area contributed by atoms with Gasteiger partial charge in [-0.3, -0.25) is 28.8 Å². The molecule has 2 bridgehead atoms. The number of hydrogen-bond acceptors (Lipinski definition) is 9. The van der Waals surface area contributed by atoms with Crippen LogP contribution in [-0.4, -0.2) is 78.2 Å². The molecule has 1 saturated carbocycles. The van der Waals surface area contributed by atoms with Crippen molar-refractivity contribution < 1.29 is 43.0 Å². The van der Waals surface area contributed by atoms with Gasteiger partial charge in [-0.05, 0) is 82.1 Å². The van der Waals surface area contributed by atoms with E-state index in [9.17, 15) is 33.6 Å². The van der Waals surface area contributed by atoms with Gasteiger partial charge in [-0.1, -0.05) is 87.9 Å². The van der Waals surface area contributed by atoms with Gasteiger partial charge in [0.25, 0.3) is 5.91 Å². The largest absolute Gasteiger partial charge is 0.494 e. The first-order valence-corrected chi connectivity index (χ1v) is 20.7. The number of ketones is 1. The minimum absolute atomic E-state index is 0.0414. The number of benzene rings is 2. The SMILES string of the molecule is CCCC(NC(=O)[C@@H]1Cc2cccc(c2)OCCCCCCC(=O)N[C@@H](C2CCCCC2)C(=O)N1)C(=O)C(=O)NCC(=O)N[C@H](C(=O)OC(C)(C)C)c1ccccc1. The van der Waals surface area contributed by atoms with Crippen LogP contribution >= 0.6 is 0 Å². The van der Waals surface area contributed by atoms with E-state index in [1.165, 1.54) is 0 Å². The van der Waals surface area contributed by atoms with Gasteiger partial charge in [-0.25, -0.2) is 4.79 Å². The second-order valence-electron chi connectivity index (χ2n) is 16.2. The quantitative estimate of drug-likeness (QED) is 0.154. The number of fused-ring (bicyclic) bond motifs is 2. The fourth-order valence-electron chi connectivity index (χ4n) is 7.24. The maximum absolute atomic E-state index is 14.1. The third-order valence-electron chi connectivity index (χ3n) is 10.2. The molecule has 1 heterocycles. The van der Waals surface area contributed by atoms with Crippen LogP contribution in [0.3, 0.4) is 0 Å². The maximum atomic E-state index is 14.1. The third kappa shape index (κ3) is 14.9. The van der Waals surface area contributed by atoms with Gasteiger partial charge in [0.15, 0.2) is 6.04 Å². The van der Waals surface area contributed by atoms with Gasteiger partial charge >= 0.3 is 5.97 Å². The molecule has 14 heteroatoms. The lowest BCUT2D eigenvalue weighted by Gasteiger charge is -2.31. The van der Waals surface area contributed by atoms with E-state index in [1.54, 1.807) is 64.1 Å². The monoisotopic (exact) mass is 803 g/mol. The van der Waals surface area contributed by atoms with Crippen molar-refractivity contribution in [3.8, 4) is 5.75 Å². The molecule has 0 saturated heterocycles. The molecule has 1 aliphatic heterocycles. The minimum Gasteiger partial charge on any atom is -0.494 e. The Hall–Kier alpha value is -5.27. The summed E-state index contributed by atoms with van der Waals surface area (Å²) in [5.41, 5.74) is 0.339. The molecule has 1 unspecified atom stereocenters. The first kappa shape index (κ1) is 45.4. The Morgan fingerprint density at radius 2 is 1.57 bits per heavy atom. The molecule has 0 spiro atoms. The number of Topliss-reactive ketones (excluding diaryl/α,β-unsaturated/α-hetero) is 1.